The zero-order chi connectivity index (χ0) is 23.1. The number of aryl methyl sites for hydroxylation is 1. The maximum absolute atomic E-state index is 12.4. The van der Waals surface area contributed by atoms with E-state index in [1.165, 1.54) is 10.7 Å². The predicted molar refractivity (Wildman–Crippen MR) is 124 cm³/mol. The molecule has 0 bridgehead atoms. The highest BCUT2D eigenvalue weighted by molar-refractivity contribution is 5.80. The maximum atomic E-state index is 12.4. The number of aromatic nitrogens is 2. The fraction of sp³-hybridized carbons (Fsp3) is 0.320. The van der Waals surface area contributed by atoms with E-state index in [0.29, 0.717) is 18.1 Å². The summed E-state index contributed by atoms with van der Waals surface area (Å²) in [6.45, 7) is 8.71. The lowest BCUT2D eigenvalue weighted by molar-refractivity contribution is -0.127. The highest BCUT2D eigenvalue weighted by Crippen LogP contribution is 2.22. The third-order valence-electron chi connectivity index (χ3n) is 5.18. The first-order valence-corrected chi connectivity index (χ1v) is 10.7. The Morgan fingerprint density at radius 1 is 1.09 bits per heavy atom. The molecule has 1 unspecified atom stereocenters. The summed E-state index contributed by atoms with van der Waals surface area (Å²) in [4.78, 5) is 24.6. The molecule has 3 aromatic rings. The molecule has 1 aromatic heterocycles. The Labute approximate surface area is 188 Å². The first-order chi connectivity index (χ1) is 15.4. The van der Waals surface area contributed by atoms with Gasteiger partial charge in [0, 0.05) is 18.2 Å². The first-order valence-electron chi connectivity index (χ1n) is 10.7. The summed E-state index contributed by atoms with van der Waals surface area (Å²) in [5.41, 5.74) is 3.43. The van der Waals surface area contributed by atoms with E-state index in [1.54, 1.807) is 13.0 Å². The molecule has 2 aromatic carbocycles. The van der Waals surface area contributed by atoms with E-state index in [4.69, 9.17) is 9.47 Å². The second kappa shape index (κ2) is 10.6. The highest BCUT2D eigenvalue weighted by atomic mass is 16.5. The van der Waals surface area contributed by atoms with E-state index in [1.807, 2.05) is 63.2 Å². The van der Waals surface area contributed by atoms with Crippen molar-refractivity contribution >= 4 is 5.91 Å². The molecule has 1 heterocycles. The van der Waals surface area contributed by atoms with Crippen LogP contribution in [0.25, 0.3) is 11.3 Å². The van der Waals surface area contributed by atoms with Crippen LogP contribution in [0.1, 0.15) is 25.0 Å². The van der Waals surface area contributed by atoms with Crippen molar-refractivity contribution < 1.29 is 14.3 Å². The van der Waals surface area contributed by atoms with Crippen molar-refractivity contribution in [1.82, 2.24) is 15.1 Å². The van der Waals surface area contributed by atoms with Gasteiger partial charge in [0.2, 0.25) is 0 Å². The summed E-state index contributed by atoms with van der Waals surface area (Å²) in [7, 11) is 0. The van der Waals surface area contributed by atoms with Gasteiger partial charge in [-0.25, -0.2) is 4.68 Å². The Morgan fingerprint density at radius 3 is 2.56 bits per heavy atom. The van der Waals surface area contributed by atoms with Gasteiger partial charge in [0.15, 0.2) is 6.10 Å². The minimum Gasteiger partial charge on any atom is -0.494 e. The molecule has 1 amide bonds. The summed E-state index contributed by atoms with van der Waals surface area (Å²) >= 11 is 0. The van der Waals surface area contributed by atoms with Gasteiger partial charge in [0.1, 0.15) is 11.5 Å². The van der Waals surface area contributed by atoms with Gasteiger partial charge in [-0.05, 0) is 75.2 Å². The molecule has 1 N–H and O–H groups in total. The summed E-state index contributed by atoms with van der Waals surface area (Å²) in [5.74, 6) is 1.22. The molecule has 3 rings (SSSR count). The van der Waals surface area contributed by atoms with Crippen LogP contribution in [0, 0.1) is 13.8 Å². The Bertz CT molecular complexity index is 1120. The van der Waals surface area contributed by atoms with Crippen LogP contribution in [0.3, 0.4) is 0 Å². The van der Waals surface area contributed by atoms with E-state index in [-0.39, 0.29) is 24.6 Å². The number of hydrogen-bond donors (Lipinski definition) is 1. The van der Waals surface area contributed by atoms with Crippen LogP contribution in [0.15, 0.2) is 59.4 Å². The Balaban J connectivity index is 1.59. The van der Waals surface area contributed by atoms with Crippen LogP contribution >= 0.6 is 0 Å². The second-order valence-electron chi connectivity index (χ2n) is 7.49. The van der Waals surface area contributed by atoms with Gasteiger partial charge in [0.25, 0.3) is 11.5 Å². The standard InChI is InChI=1S/C25H29N3O4/c1-5-31-21-11-9-20(10-12-21)22-13-14-24(29)28(27-22)16-15-26-25(30)19(4)32-23-8-6-7-17(2)18(23)3/h6-14,19H,5,15-16H2,1-4H3,(H,26,30). The zero-order valence-electron chi connectivity index (χ0n) is 18.9. The number of amides is 1. The number of benzene rings is 2. The third kappa shape index (κ3) is 5.75. The van der Waals surface area contributed by atoms with Crippen LogP contribution < -0.4 is 20.3 Å². The van der Waals surface area contributed by atoms with Crippen molar-refractivity contribution in [3.63, 3.8) is 0 Å². The van der Waals surface area contributed by atoms with E-state index in [9.17, 15) is 9.59 Å². The predicted octanol–water partition coefficient (Wildman–Crippen LogP) is 3.51. The number of ether oxygens (including phenoxy) is 2. The molecular formula is C25H29N3O4. The normalized spacial score (nSPS) is 11.6. The molecule has 0 spiro atoms. The van der Waals surface area contributed by atoms with Crippen LogP contribution in [0.2, 0.25) is 0 Å². The molecular weight excluding hydrogens is 406 g/mol. The molecule has 32 heavy (non-hydrogen) atoms. The first kappa shape index (κ1) is 23.1. The molecule has 0 aliphatic rings. The Morgan fingerprint density at radius 2 is 1.84 bits per heavy atom. The van der Waals surface area contributed by atoms with Gasteiger partial charge in [-0.1, -0.05) is 12.1 Å². The lowest BCUT2D eigenvalue weighted by Crippen LogP contribution is -2.39. The number of nitrogens with one attached hydrogen (secondary N) is 1. The molecule has 7 heteroatoms. The van der Waals surface area contributed by atoms with Crippen molar-refractivity contribution in [2.45, 2.75) is 40.3 Å². The minimum absolute atomic E-state index is 0.228. The van der Waals surface area contributed by atoms with Crippen LogP contribution in [0.5, 0.6) is 11.5 Å². The fourth-order valence-electron chi connectivity index (χ4n) is 3.18. The molecule has 0 aliphatic heterocycles. The van der Waals surface area contributed by atoms with Crippen molar-refractivity contribution in [2.75, 3.05) is 13.2 Å². The number of hydrogen-bond acceptors (Lipinski definition) is 5. The second-order valence-corrected chi connectivity index (χ2v) is 7.49. The molecule has 7 nitrogen and oxygen atoms in total. The average molecular weight is 436 g/mol. The molecule has 0 fully saturated rings. The van der Waals surface area contributed by atoms with Gasteiger partial charge in [-0.3, -0.25) is 9.59 Å². The minimum atomic E-state index is -0.657. The van der Waals surface area contributed by atoms with Gasteiger partial charge in [0.05, 0.1) is 18.8 Å². The summed E-state index contributed by atoms with van der Waals surface area (Å²) < 4.78 is 12.6. The Hall–Kier alpha value is -3.61. The van der Waals surface area contributed by atoms with E-state index in [0.717, 1.165) is 22.4 Å². The number of carbonyl (C=O) groups excluding carboxylic acids is 1. The summed E-state index contributed by atoms with van der Waals surface area (Å²) in [6.07, 6.45) is -0.657. The van der Waals surface area contributed by atoms with Gasteiger partial charge >= 0.3 is 0 Å². The molecule has 168 valence electrons. The summed E-state index contributed by atoms with van der Waals surface area (Å²) in [6, 6.07) is 16.5. The van der Waals surface area contributed by atoms with Crippen LogP contribution in [-0.2, 0) is 11.3 Å². The molecule has 0 aliphatic carbocycles. The van der Waals surface area contributed by atoms with Crippen molar-refractivity contribution in [3.8, 4) is 22.8 Å². The van der Waals surface area contributed by atoms with Crippen LogP contribution in [-0.4, -0.2) is 34.9 Å². The summed E-state index contributed by atoms with van der Waals surface area (Å²) in [5, 5.41) is 7.24. The van der Waals surface area contributed by atoms with E-state index in [2.05, 4.69) is 10.4 Å². The largest absolute Gasteiger partial charge is 0.494 e. The molecule has 0 saturated heterocycles. The smallest absolute Gasteiger partial charge is 0.266 e. The van der Waals surface area contributed by atoms with Gasteiger partial charge < -0.3 is 14.8 Å². The van der Waals surface area contributed by atoms with E-state index >= 15 is 0 Å². The van der Waals surface area contributed by atoms with Gasteiger partial charge in [-0.15, -0.1) is 0 Å². The molecule has 0 radical (unpaired) electrons. The van der Waals surface area contributed by atoms with Crippen molar-refractivity contribution in [1.29, 1.82) is 0 Å². The molecule has 1 atom stereocenters. The van der Waals surface area contributed by atoms with Gasteiger partial charge in [-0.2, -0.15) is 5.10 Å². The lowest BCUT2D eigenvalue weighted by atomic mass is 10.1. The number of rotatable bonds is 9. The number of nitrogens with zero attached hydrogens (tertiary/aromatic N) is 2. The highest BCUT2D eigenvalue weighted by Gasteiger charge is 2.16. The monoisotopic (exact) mass is 435 g/mol. The lowest BCUT2D eigenvalue weighted by Gasteiger charge is -2.17. The fourth-order valence-corrected chi connectivity index (χ4v) is 3.18. The quantitative estimate of drug-likeness (QED) is 0.556. The maximum Gasteiger partial charge on any atom is 0.266 e. The third-order valence-corrected chi connectivity index (χ3v) is 5.18. The topological polar surface area (TPSA) is 82.5 Å². The Kier molecular flexibility index (Phi) is 7.65. The van der Waals surface area contributed by atoms with Crippen molar-refractivity contribution in [2.24, 2.45) is 0 Å². The van der Waals surface area contributed by atoms with Crippen LogP contribution in [0.4, 0.5) is 0 Å². The molecule has 0 saturated carbocycles. The SMILES string of the molecule is CCOc1ccc(-c2ccc(=O)n(CCNC(=O)C(C)Oc3cccc(C)c3C)n2)cc1. The van der Waals surface area contributed by atoms with E-state index < -0.39 is 6.10 Å². The zero-order valence-corrected chi connectivity index (χ0v) is 18.9. The average Bonchev–Trinajstić information content (AvgIpc) is 2.79. The number of carbonyl (C=O) groups is 1. The van der Waals surface area contributed by atoms with Crippen molar-refractivity contribution in [3.05, 3.63) is 76.1 Å².